The van der Waals surface area contributed by atoms with E-state index < -0.39 is 17.3 Å². The van der Waals surface area contributed by atoms with Gasteiger partial charge in [0.2, 0.25) is 0 Å². The van der Waals surface area contributed by atoms with E-state index in [4.69, 9.17) is 16.3 Å². The number of aromatic nitrogens is 2. The summed E-state index contributed by atoms with van der Waals surface area (Å²) in [6.45, 7) is -0.167. The van der Waals surface area contributed by atoms with Gasteiger partial charge in [-0.25, -0.2) is 4.79 Å². The first-order valence-electron chi connectivity index (χ1n) is 9.70. The molecule has 1 amide bonds. The van der Waals surface area contributed by atoms with E-state index in [1.54, 1.807) is 24.3 Å². The molecule has 0 aliphatic heterocycles. The van der Waals surface area contributed by atoms with Crippen LogP contribution in [0.25, 0.3) is 22.0 Å². The fourth-order valence-corrected chi connectivity index (χ4v) is 3.75. The number of ether oxygens (including phenoxy) is 1. The van der Waals surface area contributed by atoms with Gasteiger partial charge in [-0.05, 0) is 29.8 Å². The maximum Gasteiger partial charge on any atom is 0.354 e. The third-order valence-corrected chi connectivity index (χ3v) is 5.36. The summed E-state index contributed by atoms with van der Waals surface area (Å²) in [7, 11) is 1.22. The van der Waals surface area contributed by atoms with Gasteiger partial charge in [-0.2, -0.15) is 0 Å². The minimum absolute atomic E-state index is 0.0422. The fraction of sp³-hybridized carbons (Fsp3) is 0.0833. The van der Waals surface area contributed by atoms with Crippen molar-refractivity contribution >= 4 is 34.4 Å². The Morgan fingerprint density at radius 2 is 1.78 bits per heavy atom. The van der Waals surface area contributed by atoms with Crippen molar-refractivity contribution in [3.8, 4) is 11.1 Å². The minimum atomic E-state index is -0.726. The highest BCUT2D eigenvalue weighted by Gasteiger charge is 2.22. The third kappa shape index (κ3) is 3.98. The fourth-order valence-electron chi connectivity index (χ4n) is 3.48. The predicted octanol–water partition coefficient (Wildman–Crippen LogP) is 3.96. The second-order valence-electron chi connectivity index (χ2n) is 6.93. The normalized spacial score (nSPS) is 10.7. The molecule has 7 nitrogen and oxygen atoms in total. The van der Waals surface area contributed by atoms with E-state index in [1.807, 2.05) is 30.3 Å². The number of hydrogen-bond donors (Lipinski definition) is 2. The highest BCUT2D eigenvalue weighted by atomic mass is 35.5. The SMILES string of the molecule is COC(=O)c1[nH]c2c(-c3ccccc3)c(Cl)ccc2c(=O)c1CNC(=O)c1ccncc1. The maximum atomic E-state index is 13.4. The standard InChI is InChI=1S/C24H18ClN3O4/c1-32-24(31)21-17(13-27-23(30)15-9-11-26-12-10-15)22(29)16-7-8-18(25)19(20(16)28-21)14-5-3-2-4-6-14/h2-12H,13H2,1H3,(H,27,30)(H,28,29). The number of amides is 1. The molecule has 2 aromatic carbocycles. The smallest absolute Gasteiger partial charge is 0.354 e. The molecule has 2 heterocycles. The summed E-state index contributed by atoms with van der Waals surface area (Å²) in [5, 5.41) is 3.44. The van der Waals surface area contributed by atoms with Crippen molar-refractivity contribution < 1.29 is 14.3 Å². The van der Waals surface area contributed by atoms with Gasteiger partial charge >= 0.3 is 5.97 Å². The molecule has 2 aromatic heterocycles. The molecular weight excluding hydrogens is 430 g/mol. The van der Waals surface area contributed by atoms with Gasteiger partial charge in [0, 0.05) is 35.5 Å². The van der Waals surface area contributed by atoms with Crippen LogP contribution in [0, 0.1) is 0 Å². The summed E-state index contributed by atoms with van der Waals surface area (Å²) in [6.07, 6.45) is 2.99. The van der Waals surface area contributed by atoms with Crippen LogP contribution in [0.2, 0.25) is 5.02 Å². The first-order chi connectivity index (χ1) is 15.5. The van der Waals surface area contributed by atoms with Crippen LogP contribution in [0.4, 0.5) is 0 Å². The number of methoxy groups -OCH3 is 1. The summed E-state index contributed by atoms with van der Waals surface area (Å²) in [5.41, 5.74) is 1.83. The number of nitrogens with zero attached hydrogens (tertiary/aromatic N) is 1. The van der Waals surface area contributed by atoms with Crippen molar-refractivity contribution in [3.05, 3.63) is 99.1 Å². The van der Waals surface area contributed by atoms with Crippen molar-refractivity contribution in [1.82, 2.24) is 15.3 Å². The molecule has 0 saturated carbocycles. The predicted molar refractivity (Wildman–Crippen MR) is 122 cm³/mol. The summed E-state index contributed by atoms with van der Waals surface area (Å²) in [5.74, 6) is -1.13. The van der Waals surface area contributed by atoms with Gasteiger partial charge in [0.25, 0.3) is 5.91 Å². The average molecular weight is 448 g/mol. The van der Waals surface area contributed by atoms with Crippen LogP contribution in [-0.4, -0.2) is 29.0 Å². The number of hydrogen-bond acceptors (Lipinski definition) is 5. The molecule has 0 unspecified atom stereocenters. The molecule has 8 heteroatoms. The quantitative estimate of drug-likeness (QED) is 0.451. The van der Waals surface area contributed by atoms with Gasteiger partial charge in [0.05, 0.1) is 23.2 Å². The highest BCUT2D eigenvalue weighted by Crippen LogP contribution is 2.33. The van der Waals surface area contributed by atoms with Crippen molar-refractivity contribution in [3.63, 3.8) is 0 Å². The van der Waals surface area contributed by atoms with E-state index in [1.165, 1.54) is 19.5 Å². The van der Waals surface area contributed by atoms with Crippen LogP contribution >= 0.6 is 11.6 Å². The lowest BCUT2D eigenvalue weighted by atomic mass is 9.99. The van der Waals surface area contributed by atoms with Crippen molar-refractivity contribution in [2.75, 3.05) is 7.11 Å². The number of benzene rings is 2. The molecule has 0 spiro atoms. The lowest BCUT2D eigenvalue weighted by Crippen LogP contribution is -2.29. The molecule has 0 bridgehead atoms. The van der Waals surface area contributed by atoms with Gasteiger partial charge in [-0.3, -0.25) is 14.6 Å². The topological polar surface area (TPSA) is 101 Å². The number of fused-ring (bicyclic) bond motifs is 1. The molecule has 2 N–H and O–H groups in total. The van der Waals surface area contributed by atoms with E-state index in [9.17, 15) is 14.4 Å². The van der Waals surface area contributed by atoms with Crippen molar-refractivity contribution in [1.29, 1.82) is 0 Å². The van der Waals surface area contributed by atoms with E-state index in [-0.39, 0.29) is 17.8 Å². The summed E-state index contributed by atoms with van der Waals surface area (Å²) < 4.78 is 4.89. The van der Waals surface area contributed by atoms with Crippen LogP contribution in [0.5, 0.6) is 0 Å². The number of H-pyrrole nitrogens is 1. The molecule has 0 atom stereocenters. The number of nitrogens with one attached hydrogen (secondary N) is 2. The zero-order chi connectivity index (χ0) is 22.7. The monoisotopic (exact) mass is 447 g/mol. The average Bonchev–Trinajstić information content (AvgIpc) is 2.83. The van der Waals surface area contributed by atoms with Gasteiger partial charge in [0.15, 0.2) is 5.43 Å². The Labute approximate surface area is 188 Å². The van der Waals surface area contributed by atoms with E-state index >= 15 is 0 Å². The largest absolute Gasteiger partial charge is 0.464 e. The number of halogens is 1. The molecule has 0 radical (unpaired) electrons. The molecule has 0 aliphatic rings. The molecule has 0 saturated heterocycles. The second kappa shape index (κ2) is 9.03. The summed E-state index contributed by atoms with van der Waals surface area (Å²) >= 11 is 6.47. The van der Waals surface area contributed by atoms with Crippen LogP contribution in [0.15, 0.2) is 71.8 Å². The van der Waals surface area contributed by atoms with Crippen molar-refractivity contribution in [2.24, 2.45) is 0 Å². The highest BCUT2D eigenvalue weighted by molar-refractivity contribution is 6.35. The number of carbonyl (C=O) groups is 2. The minimum Gasteiger partial charge on any atom is -0.464 e. The number of rotatable bonds is 5. The number of aromatic amines is 1. The molecule has 160 valence electrons. The second-order valence-corrected chi connectivity index (χ2v) is 7.34. The number of carbonyl (C=O) groups excluding carboxylic acids is 2. The van der Waals surface area contributed by atoms with Crippen molar-refractivity contribution in [2.45, 2.75) is 6.54 Å². The zero-order valence-electron chi connectivity index (χ0n) is 17.0. The molecule has 0 aliphatic carbocycles. The summed E-state index contributed by atoms with van der Waals surface area (Å²) in [4.78, 5) is 45.3. The Morgan fingerprint density at radius 3 is 2.47 bits per heavy atom. The van der Waals surface area contributed by atoms with Gasteiger partial charge in [-0.15, -0.1) is 0 Å². The van der Waals surface area contributed by atoms with Crippen LogP contribution in [0.1, 0.15) is 26.4 Å². The molecule has 32 heavy (non-hydrogen) atoms. The van der Waals surface area contributed by atoms with Crippen LogP contribution in [-0.2, 0) is 11.3 Å². The Balaban J connectivity index is 1.86. The Hall–Kier alpha value is -3.97. The van der Waals surface area contributed by atoms with Crippen LogP contribution in [0.3, 0.4) is 0 Å². The van der Waals surface area contributed by atoms with E-state index in [0.29, 0.717) is 27.1 Å². The lowest BCUT2D eigenvalue weighted by molar-refractivity contribution is 0.0592. The third-order valence-electron chi connectivity index (χ3n) is 5.05. The number of pyridine rings is 2. The Bertz CT molecular complexity index is 1370. The van der Waals surface area contributed by atoms with Gasteiger partial charge < -0.3 is 15.0 Å². The molecular formula is C24H18ClN3O4. The molecule has 4 aromatic rings. The first-order valence-corrected chi connectivity index (χ1v) is 10.1. The molecule has 4 rings (SSSR count). The molecule has 0 fully saturated rings. The van der Waals surface area contributed by atoms with Gasteiger partial charge in [0.1, 0.15) is 5.69 Å². The number of esters is 1. The summed E-state index contributed by atoms with van der Waals surface area (Å²) in [6, 6.07) is 15.6. The first kappa shape index (κ1) is 21.3. The van der Waals surface area contributed by atoms with E-state index in [2.05, 4.69) is 15.3 Å². The van der Waals surface area contributed by atoms with Gasteiger partial charge in [-0.1, -0.05) is 41.9 Å². The Morgan fingerprint density at radius 1 is 1.06 bits per heavy atom. The maximum absolute atomic E-state index is 13.4. The Kier molecular flexibility index (Phi) is 6.00. The van der Waals surface area contributed by atoms with E-state index in [0.717, 1.165) is 5.56 Å². The van der Waals surface area contributed by atoms with Crippen LogP contribution < -0.4 is 10.7 Å². The lowest BCUT2D eigenvalue weighted by Gasteiger charge is -2.14. The zero-order valence-corrected chi connectivity index (χ0v) is 17.8.